The minimum absolute atomic E-state index is 0.0569. The molecule has 2 aliphatic heterocycles. The molecule has 3 heterocycles. The van der Waals surface area contributed by atoms with Crippen molar-refractivity contribution in [2.75, 3.05) is 53.7 Å². The summed E-state index contributed by atoms with van der Waals surface area (Å²) in [6, 6.07) is 10.0. The SMILES string of the molecule is C#CCOc1cc2c(cc1OC)CCN(C(=O)N1CCOCC1)C2CCc1c[nH]c2ccc(OC)cc12. The highest BCUT2D eigenvalue weighted by Gasteiger charge is 2.35. The number of fused-ring (bicyclic) bond motifs is 2. The maximum Gasteiger partial charge on any atom is 0.320 e. The van der Waals surface area contributed by atoms with Gasteiger partial charge in [-0.25, -0.2) is 4.79 Å². The fourth-order valence-electron chi connectivity index (χ4n) is 5.36. The zero-order valence-electron chi connectivity index (χ0n) is 21.4. The van der Waals surface area contributed by atoms with E-state index in [1.165, 1.54) is 11.1 Å². The van der Waals surface area contributed by atoms with Crippen molar-refractivity contribution in [3.8, 4) is 29.6 Å². The van der Waals surface area contributed by atoms with Gasteiger partial charge in [0.05, 0.1) is 33.5 Å². The Hall–Kier alpha value is -3.83. The van der Waals surface area contributed by atoms with Crippen LogP contribution in [0.1, 0.15) is 29.2 Å². The molecule has 1 unspecified atom stereocenters. The molecule has 194 valence electrons. The predicted octanol–water partition coefficient (Wildman–Crippen LogP) is 4.18. The first-order valence-corrected chi connectivity index (χ1v) is 12.7. The normalized spacial score (nSPS) is 17.3. The number of nitrogens with one attached hydrogen (secondary N) is 1. The van der Waals surface area contributed by atoms with Crippen molar-refractivity contribution in [2.45, 2.75) is 25.3 Å². The first-order chi connectivity index (χ1) is 18.1. The Morgan fingerprint density at radius 2 is 1.97 bits per heavy atom. The number of ether oxygens (including phenoxy) is 4. The number of nitrogens with zero attached hydrogens (tertiary/aromatic N) is 2. The Labute approximate surface area is 217 Å². The number of aryl methyl sites for hydroxylation is 1. The van der Waals surface area contributed by atoms with Crippen molar-refractivity contribution in [1.29, 1.82) is 0 Å². The molecule has 0 radical (unpaired) electrons. The quantitative estimate of drug-likeness (QED) is 0.490. The van der Waals surface area contributed by atoms with Crippen LogP contribution in [0.3, 0.4) is 0 Å². The molecule has 1 N–H and O–H groups in total. The molecular weight excluding hydrogens is 470 g/mol. The van der Waals surface area contributed by atoms with E-state index in [0.717, 1.165) is 41.5 Å². The zero-order valence-corrected chi connectivity index (χ0v) is 21.4. The average Bonchev–Trinajstić information content (AvgIpc) is 3.36. The van der Waals surface area contributed by atoms with E-state index in [1.807, 2.05) is 34.1 Å². The van der Waals surface area contributed by atoms with Crippen molar-refractivity contribution < 1.29 is 23.7 Å². The number of hydrogen-bond donors (Lipinski definition) is 1. The second kappa shape index (κ2) is 11.1. The zero-order chi connectivity index (χ0) is 25.8. The molecule has 2 aromatic carbocycles. The summed E-state index contributed by atoms with van der Waals surface area (Å²) < 4.78 is 22.3. The molecule has 8 nitrogen and oxygen atoms in total. The largest absolute Gasteiger partial charge is 0.497 e. The molecule has 37 heavy (non-hydrogen) atoms. The maximum atomic E-state index is 13.7. The predicted molar refractivity (Wildman–Crippen MR) is 141 cm³/mol. The highest BCUT2D eigenvalue weighted by Crippen LogP contribution is 2.41. The molecule has 1 atom stereocenters. The Morgan fingerprint density at radius 3 is 2.73 bits per heavy atom. The first kappa shape index (κ1) is 24.8. The first-order valence-electron chi connectivity index (χ1n) is 12.7. The summed E-state index contributed by atoms with van der Waals surface area (Å²) >= 11 is 0. The fourth-order valence-corrected chi connectivity index (χ4v) is 5.36. The van der Waals surface area contributed by atoms with Crippen LogP contribution in [0.25, 0.3) is 10.9 Å². The number of rotatable bonds is 7. The van der Waals surface area contributed by atoms with Gasteiger partial charge in [0.15, 0.2) is 11.5 Å². The Morgan fingerprint density at radius 1 is 1.14 bits per heavy atom. The van der Waals surface area contributed by atoms with Gasteiger partial charge in [-0.2, -0.15) is 0 Å². The molecule has 0 spiro atoms. The van der Waals surface area contributed by atoms with Crippen LogP contribution in [0.2, 0.25) is 0 Å². The number of amides is 2. The van der Waals surface area contributed by atoms with Crippen LogP contribution in [0, 0.1) is 12.3 Å². The van der Waals surface area contributed by atoms with Gasteiger partial charge in [0.2, 0.25) is 0 Å². The number of carbonyl (C=O) groups excluding carboxylic acids is 1. The highest BCUT2D eigenvalue weighted by atomic mass is 16.5. The van der Waals surface area contributed by atoms with Crippen LogP contribution in [-0.4, -0.2) is 74.5 Å². The van der Waals surface area contributed by atoms with Crippen molar-refractivity contribution in [3.63, 3.8) is 0 Å². The number of aromatic nitrogens is 1. The summed E-state index contributed by atoms with van der Waals surface area (Å²) in [5.41, 5.74) is 4.51. The van der Waals surface area contributed by atoms with Gasteiger partial charge >= 0.3 is 6.03 Å². The van der Waals surface area contributed by atoms with Gasteiger partial charge < -0.3 is 33.7 Å². The van der Waals surface area contributed by atoms with Crippen LogP contribution in [0.5, 0.6) is 17.2 Å². The monoisotopic (exact) mass is 503 g/mol. The molecule has 1 aromatic heterocycles. The molecule has 0 bridgehead atoms. The minimum atomic E-state index is -0.117. The van der Waals surface area contributed by atoms with Gasteiger partial charge in [-0.05, 0) is 66.3 Å². The molecule has 5 rings (SSSR count). The molecule has 2 amide bonds. The third-order valence-corrected chi connectivity index (χ3v) is 7.28. The topological polar surface area (TPSA) is 76.3 Å². The van der Waals surface area contributed by atoms with Gasteiger partial charge in [0.25, 0.3) is 0 Å². The van der Waals surface area contributed by atoms with Crippen LogP contribution in [-0.2, 0) is 17.6 Å². The third-order valence-electron chi connectivity index (χ3n) is 7.28. The van der Waals surface area contributed by atoms with Gasteiger partial charge in [-0.15, -0.1) is 6.42 Å². The summed E-state index contributed by atoms with van der Waals surface area (Å²) in [5.74, 6) is 4.60. The molecule has 1 fully saturated rings. The highest BCUT2D eigenvalue weighted by molar-refractivity contribution is 5.84. The third kappa shape index (κ3) is 5.05. The molecule has 0 saturated carbocycles. The lowest BCUT2D eigenvalue weighted by Gasteiger charge is -2.41. The van der Waals surface area contributed by atoms with E-state index in [1.54, 1.807) is 14.2 Å². The second-order valence-corrected chi connectivity index (χ2v) is 9.30. The number of aromatic amines is 1. The number of hydrogen-bond acceptors (Lipinski definition) is 5. The van der Waals surface area contributed by atoms with E-state index in [0.29, 0.717) is 44.3 Å². The van der Waals surface area contributed by atoms with Crippen LogP contribution in [0.15, 0.2) is 36.5 Å². The standard InChI is InChI=1S/C29H33N3O5/c1-4-13-37-28-18-24-20(16-27(28)35-3)9-10-32(29(33)31-11-14-36-15-12-31)26(24)8-5-21-19-30-25-7-6-22(34-2)17-23(21)25/h1,6-7,16-19,26,30H,5,8-15H2,2-3H3. The van der Waals surface area contributed by atoms with Crippen molar-refractivity contribution >= 4 is 16.9 Å². The Bertz CT molecular complexity index is 1300. The summed E-state index contributed by atoms with van der Waals surface area (Å²) in [6.07, 6.45) is 9.80. The van der Waals surface area contributed by atoms with Gasteiger partial charge in [-0.3, -0.25) is 0 Å². The molecular formula is C29H33N3O5. The van der Waals surface area contributed by atoms with Crippen molar-refractivity contribution in [1.82, 2.24) is 14.8 Å². The summed E-state index contributed by atoms with van der Waals surface area (Å²) in [4.78, 5) is 21.0. The van der Waals surface area contributed by atoms with E-state index < -0.39 is 0 Å². The fraction of sp³-hybridized carbons (Fsp3) is 0.414. The van der Waals surface area contributed by atoms with Crippen LogP contribution < -0.4 is 14.2 Å². The van der Waals surface area contributed by atoms with Crippen molar-refractivity contribution in [3.05, 3.63) is 53.2 Å². The minimum Gasteiger partial charge on any atom is -0.497 e. The van der Waals surface area contributed by atoms with E-state index in [2.05, 4.69) is 23.2 Å². The Kier molecular flexibility index (Phi) is 7.42. The van der Waals surface area contributed by atoms with E-state index in [-0.39, 0.29) is 18.7 Å². The van der Waals surface area contributed by atoms with Crippen LogP contribution in [0.4, 0.5) is 4.79 Å². The number of methoxy groups -OCH3 is 2. The van der Waals surface area contributed by atoms with Crippen LogP contribution >= 0.6 is 0 Å². The second-order valence-electron chi connectivity index (χ2n) is 9.30. The summed E-state index contributed by atoms with van der Waals surface area (Å²) in [7, 11) is 3.31. The number of urea groups is 1. The molecule has 8 heteroatoms. The molecule has 1 saturated heterocycles. The Balaban J connectivity index is 1.49. The lowest BCUT2D eigenvalue weighted by Crippen LogP contribution is -2.51. The molecule has 2 aliphatic rings. The number of morpholine rings is 1. The van der Waals surface area contributed by atoms with Gasteiger partial charge in [-0.1, -0.05) is 5.92 Å². The van der Waals surface area contributed by atoms with Gasteiger partial charge in [0.1, 0.15) is 12.4 Å². The lowest BCUT2D eigenvalue weighted by atomic mass is 9.88. The smallest absolute Gasteiger partial charge is 0.320 e. The number of carbonyl (C=O) groups is 1. The lowest BCUT2D eigenvalue weighted by molar-refractivity contribution is 0.0376. The van der Waals surface area contributed by atoms with E-state index >= 15 is 0 Å². The van der Waals surface area contributed by atoms with Crippen molar-refractivity contribution in [2.24, 2.45) is 0 Å². The number of H-pyrrole nitrogens is 1. The van der Waals surface area contributed by atoms with Gasteiger partial charge in [0, 0.05) is 36.7 Å². The van der Waals surface area contributed by atoms with E-state index in [4.69, 9.17) is 25.4 Å². The molecule has 0 aliphatic carbocycles. The average molecular weight is 504 g/mol. The number of terminal acetylenes is 1. The molecule has 3 aromatic rings. The number of benzene rings is 2. The maximum absolute atomic E-state index is 13.7. The van der Waals surface area contributed by atoms with E-state index in [9.17, 15) is 4.79 Å². The summed E-state index contributed by atoms with van der Waals surface area (Å²) in [5, 5.41) is 1.13. The summed E-state index contributed by atoms with van der Waals surface area (Å²) in [6.45, 7) is 3.14.